The molecule has 0 N–H and O–H groups in total. The first-order chi connectivity index (χ1) is 8.25. The normalized spacial score (nSPS) is 10.9. The summed E-state index contributed by atoms with van der Waals surface area (Å²) in [6, 6.07) is 12.1. The fourth-order valence-corrected chi connectivity index (χ4v) is 2.10. The largest absolute Gasteiger partial charge is 0.355 e. The van der Waals surface area contributed by atoms with Crippen LogP contribution in [0.5, 0.6) is 0 Å². The monoisotopic (exact) mass is 291 g/mol. The van der Waals surface area contributed by atoms with Crippen LogP contribution in [0, 0.1) is 5.82 Å². The summed E-state index contributed by atoms with van der Waals surface area (Å²) in [5.41, 5.74) is 1.13. The van der Waals surface area contributed by atoms with Gasteiger partial charge < -0.3 is 4.52 Å². The van der Waals surface area contributed by atoms with Crippen LogP contribution in [-0.2, 0) is 0 Å². The summed E-state index contributed by atoms with van der Waals surface area (Å²) in [4.78, 5) is 0. The lowest BCUT2D eigenvalue weighted by Gasteiger charge is -1.98. The Morgan fingerprint density at radius 1 is 1.12 bits per heavy atom. The maximum atomic E-state index is 13.7. The van der Waals surface area contributed by atoms with Crippen LogP contribution >= 0.6 is 15.9 Å². The van der Waals surface area contributed by atoms with Gasteiger partial charge in [0, 0.05) is 9.86 Å². The molecule has 2 aromatic carbocycles. The molecule has 3 rings (SSSR count). The number of rotatable bonds is 1. The molecule has 0 aliphatic heterocycles. The second-order valence-corrected chi connectivity index (χ2v) is 4.57. The van der Waals surface area contributed by atoms with Crippen LogP contribution in [0.4, 0.5) is 4.39 Å². The van der Waals surface area contributed by atoms with Crippen LogP contribution < -0.4 is 0 Å². The van der Waals surface area contributed by atoms with Gasteiger partial charge in [0.1, 0.15) is 11.3 Å². The first kappa shape index (κ1) is 10.5. The zero-order valence-electron chi connectivity index (χ0n) is 8.65. The molecule has 0 aliphatic carbocycles. The SMILES string of the molecule is Fc1ccccc1-c1onc2cc(Br)ccc12. The van der Waals surface area contributed by atoms with Crippen LogP contribution in [-0.4, -0.2) is 5.16 Å². The average Bonchev–Trinajstić information content (AvgIpc) is 2.72. The predicted molar refractivity (Wildman–Crippen MR) is 67.1 cm³/mol. The molecule has 0 saturated carbocycles. The Kier molecular flexibility index (Phi) is 2.44. The van der Waals surface area contributed by atoms with Gasteiger partial charge in [0.05, 0.1) is 5.56 Å². The zero-order valence-corrected chi connectivity index (χ0v) is 10.2. The van der Waals surface area contributed by atoms with Crippen molar-refractivity contribution in [2.45, 2.75) is 0 Å². The van der Waals surface area contributed by atoms with Gasteiger partial charge in [-0.25, -0.2) is 4.39 Å². The minimum atomic E-state index is -0.312. The Labute approximate surface area is 105 Å². The molecule has 2 nitrogen and oxygen atoms in total. The molecule has 0 aliphatic rings. The van der Waals surface area contributed by atoms with Crippen molar-refractivity contribution in [3.63, 3.8) is 0 Å². The van der Waals surface area contributed by atoms with Crippen molar-refractivity contribution in [2.24, 2.45) is 0 Å². The van der Waals surface area contributed by atoms with E-state index in [-0.39, 0.29) is 5.82 Å². The minimum Gasteiger partial charge on any atom is -0.355 e. The van der Waals surface area contributed by atoms with Crippen molar-refractivity contribution < 1.29 is 8.91 Å². The molecule has 4 heteroatoms. The fourth-order valence-electron chi connectivity index (χ4n) is 1.76. The van der Waals surface area contributed by atoms with Gasteiger partial charge in [-0.1, -0.05) is 33.2 Å². The molecular formula is C13H7BrFNO. The van der Waals surface area contributed by atoms with Crippen molar-refractivity contribution in [1.29, 1.82) is 0 Å². The van der Waals surface area contributed by atoms with Crippen LogP contribution in [0.3, 0.4) is 0 Å². The van der Waals surface area contributed by atoms with E-state index in [0.717, 1.165) is 9.86 Å². The minimum absolute atomic E-state index is 0.312. The number of nitrogens with zero attached hydrogens (tertiary/aromatic N) is 1. The van der Waals surface area contributed by atoms with E-state index in [4.69, 9.17) is 4.52 Å². The molecule has 3 aromatic rings. The molecule has 17 heavy (non-hydrogen) atoms. The van der Waals surface area contributed by atoms with E-state index in [1.54, 1.807) is 18.2 Å². The quantitative estimate of drug-likeness (QED) is 0.664. The molecule has 0 saturated heterocycles. The van der Waals surface area contributed by atoms with Gasteiger partial charge in [0.2, 0.25) is 0 Å². The topological polar surface area (TPSA) is 26.0 Å². The summed E-state index contributed by atoms with van der Waals surface area (Å²) in [5.74, 6) is 0.152. The molecule has 1 aromatic heterocycles. The Balaban J connectivity index is 2.29. The van der Waals surface area contributed by atoms with E-state index >= 15 is 0 Å². The van der Waals surface area contributed by atoms with E-state index in [1.807, 2.05) is 18.2 Å². The van der Waals surface area contributed by atoms with E-state index in [2.05, 4.69) is 21.1 Å². The van der Waals surface area contributed by atoms with Crippen LogP contribution in [0.15, 0.2) is 51.5 Å². The van der Waals surface area contributed by atoms with Gasteiger partial charge in [-0.05, 0) is 30.3 Å². The van der Waals surface area contributed by atoms with Crippen LogP contribution in [0.25, 0.3) is 22.2 Å². The lowest BCUT2D eigenvalue weighted by molar-refractivity contribution is 0.438. The van der Waals surface area contributed by atoms with Gasteiger partial charge in [-0.3, -0.25) is 0 Å². The first-order valence-electron chi connectivity index (χ1n) is 5.05. The number of benzene rings is 2. The van der Waals surface area contributed by atoms with Crippen molar-refractivity contribution >= 4 is 26.8 Å². The van der Waals surface area contributed by atoms with Crippen molar-refractivity contribution in [3.8, 4) is 11.3 Å². The van der Waals surface area contributed by atoms with E-state index < -0.39 is 0 Å². The van der Waals surface area contributed by atoms with Crippen molar-refractivity contribution in [3.05, 3.63) is 52.8 Å². The highest BCUT2D eigenvalue weighted by Gasteiger charge is 2.13. The summed E-state index contributed by atoms with van der Waals surface area (Å²) in [7, 11) is 0. The molecule has 0 radical (unpaired) electrons. The van der Waals surface area contributed by atoms with Crippen LogP contribution in [0.2, 0.25) is 0 Å². The molecule has 0 unspecified atom stereocenters. The Hall–Kier alpha value is -1.68. The number of halogens is 2. The van der Waals surface area contributed by atoms with E-state index in [9.17, 15) is 4.39 Å². The summed E-state index contributed by atoms with van der Waals surface area (Å²) < 4.78 is 19.8. The molecule has 0 fully saturated rings. The molecule has 1 heterocycles. The molecule has 84 valence electrons. The Bertz CT molecular complexity index is 693. The summed E-state index contributed by atoms with van der Waals surface area (Å²) >= 11 is 3.36. The maximum Gasteiger partial charge on any atom is 0.177 e. The van der Waals surface area contributed by atoms with Gasteiger partial charge in [0.15, 0.2) is 5.76 Å². The lowest BCUT2D eigenvalue weighted by atomic mass is 10.1. The first-order valence-corrected chi connectivity index (χ1v) is 5.85. The lowest BCUT2D eigenvalue weighted by Crippen LogP contribution is -1.81. The number of aromatic nitrogens is 1. The standard InChI is InChI=1S/C13H7BrFNO/c14-8-5-6-10-12(7-8)16-17-13(10)9-3-1-2-4-11(9)15/h1-7H. The Morgan fingerprint density at radius 2 is 1.94 bits per heavy atom. The van der Waals surface area contributed by atoms with Crippen molar-refractivity contribution in [2.75, 3.05) is 0 Å². The molecule has 0 bridgehead atoms. The highest BCUT2D eigenvalue weighted by atomic mass is 79.9. The summed E-state index contributed by atoms with van der Waals surface area (Å²) in [6.45, 7) is 0. The summed E-state index contributed by atoms with van der Waals surface area (Å²) in [6.07, 6.45) is 0. The predicted octanol–water partition coefficient (Wildman–Crippen LogP) is 4.40. The van der Waals surface area contributed by atoms with Gasteiger partial charge in [-0.15, -0.1) is 0 Å². The fraction of sp³-hybridized carbons (Fsp3) is 0. The third kappa shape index (κ3) is 1.74. The second-order valence-electron chi connectivity index (χ2n) is 3.65. The van der Waals surface area contributed by atoms with Crippen molar-refractivity contribution in [1.82, 2.24) is 5.16 Å². The van der Waals surface area contributed by atoms with Gasteiger partial charge >= 0.3 is 0 Å². The highest BCUT2D eigenvalue weighted by molar-refractivity contribution is 9.10. The van der Waals surface area contributed by atoms with E-state index in [0.29, 0.717) is 16.8 Å². The molecule has 0 amide bonds. The van der Waals surface area contributed by atoms with Gasteiger partial charge in [0.25, 0.3) is 0 Å². The zero-order chi connectivity index (χ0) is 11.8. The Morgan fingerprint density at radius 3 is 2.76 bits per heavy atom. The van der Waals surface area contributed by atoms with E-state index in [1.165, 1.54) is 6.07 Å². The highest BCUT2D eigenvalue weighted by Crippen LogP contribution is 2.31. The molecular weight excluding hydrogens is 285 g/mol. The number of hydrogen-bond acceptors (Lipinski definition) is 2. The molecule has 0 atom stereocenters. The third-order valence-corrected chi connectivity index (χ3v) is 3.05. The average molecular weight is 292 g/mol. The molecule has 0 spiro atoms. The number of fused-ring (bicyclic) bond motifs is 1. The third-order valence-electron chi connectivity index (χ3n) is 2.56. The smallest absolute Gasteiger partial charge is 0.177 e. The number of hydrogen-bond donors (Lipinski definition) is 0. The maximum absolute atomic E-state index is 13.7. The second kappa shape index (κ2) is 3.96. The van der Waals surface area contributed by atoms with Gasteiger partial charge in [-0.2, -0.15) is 0 Å². The van der Waals surface area contributed by atoms with Crippen LogP contribution in [0.1, 0.15) is 0 Å². The summed E-state index contributed by atoms with van der Waals surface area (Å²) in [5, 5.41) is 4.73.